The van der Waals surface area contributed by atoms with E-state index in [0.717, 1.165) is 25.7 Å². The van der Waals surface area contributed by atoms with Crippen LogP contribution in [0.3, 0.4) is 0 Å². The van der Waals surface area contributed by atoms with Crippen LogP contribution in [0.5, 0.6) is 0 Å². The van der Waals surface area contributed by atoms with Crippen molar-refractivity contribution in [1.29, 1.82) is 0 Å². The summed E-state index contributed by atoms with van der Waals surface area (Å²) in [6.07, 6.45) is 10.1. The van der Waals surface area contributed by atoms with Crippen LogP contribution in [0.4, 0.5) is 0 Å². The van der Waals surface area contributed by atoms with Gasteiger partial charge in [0.2, 0.25) is 7.37 Å². The summed E-state index contributed by atoms with van der Waals surface area (Å²) < 4.78 is 12.4. The van der Waals surface area contributed by atoms with E-state index in [9.17, 15) is 9.46 Å². The molecule has 2 nitrogen and oxygen atoms in total. The minimum absolute atomic E-state index is 0. The second-order valence-corrected chi connectivity index (χ2v) is 8.47. The van der Waals surface area contributed by atoms with Gasteiger partial charge in [-0.05, 0) is 24.7 Å². The van der Waals surface area contributed by atoms with E-state index in [4.69, 9.17) is 0 Å². The standard InChI is InChI=1S/C16H35O2P.Mo/c1-5-9-11-15(7-3)13-19(17,18)14-16(8-4)12-10-6-2;/h15-16H,5-14H2,1-4H3,(H,17,18);. The van der Waals surface area contributed by atoms with Crippen LogP contribution in [0.2, 0.25) is 0 Å². The number of hydrogen-bond acceptors (Lipinski definition) is 1. The van der Waals surface area contributed by atoms with Crippen molar-refractivity contribution < 1.29 is 30.5 Å². The zero-order valence-electron chi connectivity index (χ0n) is 13.9. The first-order valence-corrected chi connectivity index (χ1v) is 10.3. The fourth-order valence-electron chi connectivity index (χ4n) is 2.72. The monoisotopic (exact) mass is 388 g/mol. The van der Waals surface area contributed by atoms with Gasteiger partial charge in [-0.2, -0.15) is 0 Å². The van der Waals surface area contributed by atoms with Crippen LogP contribution in [0.1, 0.15) is 79.1 Å². The van der Waals surface area contributed by atoms with E-state index in [1.54, 1.807) is 0 Å². The molecule has 1 N–H and O–H groups in total. The molecule has 0 aliphatic rings. The summed E-state index contributed by atoms with van der Waals surface area (Å²) in [5.74, 6) is 0.888. The van der Waals surface area contributed by atoms with Gasteiger partial charge >= 0.3 is 0 Å². The fraction of sp³-hybridized carbons (Fsp3) is 1.00. The van der Waals surface area contributed by atoms with E-state index >= 15 is 0 Å². The molecule has 2 atom stereocenters. The Hall–Kier alpha value is 0.878. The first-order valence-electron chi connectivity index (χ1n) is 8.29. The molecular weight excluding hydrogens is 351 g/mol. The van der Waals surface area contributed by atoms with E-state index in [1.165, 1.54) is 25.7 Å². The maximum Gasteiger partial charge on any atom is 0.201 e. The third-order valence-corrected chi connectivity index (χ3v) is 6.35. The first kappa shape index (κ1) is 23.1. The van der Waals surface area contributed by atoms with Gasteiger partial charge in [-0.25, -0.2) is 0 Å². The molecule has 122 valence electrons. The van der Waals surface area contributed by atoms with Crippen LogP contribution < -0.4 is 0 Å². The molecule has 4 heteroatoms. The minimum atomic E-state index is -2.92. The Morgan fingerprint density at radius 3 is 1.45 bits per heavy atom. The summed E-state index contributed by atoms with van der Waals surface area (Å²) in [5.41, 5.74) is 0. The summed E-state index contributed by atoms with van der Waals surface area (Å²) in [4.78, 5) is 10.3. The van der Waals surface area contributed by atoms with Crippen molar-refractivity contribution >= 4 is 7.37 Å². The maximum atomic E-state index is 12.4. The van der Waals surface area contributed by atoms with Gasteiger partial charge in [0.15, 0.2) is 0 Å². The van der Waals surface area contributed by atoms with Crippen LogP contribution in [0.15, 0.2) is 0 Å². The molecule has 0 fully saturated rings. The van der Waals surface area contributed by atoms with Crippen LogP contribution in [-0.2, 0) is 25.6 Å². The average Bonchev–Trinajstić information content (AvgIpc) is 2.39. The topological polar surface area (TPSA) is 37.3 Å². The predicted molar refractivity (Wildman–Crippen MR) is 86.2 cm³/mol. The van der Waals surface area contributed by atoms with E-state index in [1.807, 2.05) is 0 Å². The van der Waals surface area contributed by atoms with Crippen molar-refractivity contribution in [1.82, 2.24) is 0 Å². The van der Waals surface area contributed by atoms with E-state index in [0.29, 0.717) is 24.2 Å². The smallest absolute Gasteiger partial charge is 0.201 e. The summed E-state index contributed by atoms with van der Waals surface area (Å²) in [7, 11) is -2.92. The van der Waals surface area contributed by atoms with E-state index in [-0.39, 0.29) is 21.1 Å². The third-order valence-electron chi connectivity index (χ3n) is 4.17. The predicted octanol–water partition coefficient (Wildman–Crippen LogP) is 5.69. The number of hydrogen-bond donors (Lipinski definition) is 1. The molecule has 0 radical (unpaired) electrons. The van der Waals surface area contributed by atoms with Gasteiger partial charge in [0.05, 0.1) is 0 Å². The SMILES string of the molecule is CCCCC(CC)CP(=O)(O)CC(CC)CCCC.[Mo]. The van der Waals surface area contributed by atoms with Crippen molar-refractivity contribution in [3.63, 3.8) is 0 Å². The van der Waals surface area contributed by atoms with Crippen molar-refractivity contribution in [2.75, 3.05) is 12.3 Å². The van der Waals surface area contributed by atoms with E-state index in [2.05, 4.69) is 27.7 Å². The van der Waals surface area contributed by atoms with Crippen molar-refractivity contribution in [3.05, 3.63) is 0 Å². The Morgan fingerprint density at radius 2 is 1.20 bits per heavy atom. The number of rotatable bonds is 12. The normalized spacial score (nSPS) is 17.1. The molecule has 2 unspecified atom stereocenters. The molecule has 20 heavy (non-hydrogen) atoms. The second kappa shape index (κ2) is 13.5. The molecule has 0 bridgehead atoms. The molecule has 0 spiro atoms. The second-order valence-electron chi connectivity index (χ2n) is 6.04. The summed E-state index contributed by atoms with van der Waals surface area (Å²) >= 11 is 0. The van der Waals surface area contributed by atoms with Crippen LogP contribution in [0, 0.1) is 11.8 Å². The van der Waals surface area contributed by atoms with Gasteiger partial charge in [-0.15, -0.1) is 0 Å². The van der Waals surface area contributed by atoms with Gasteiger partial charge in [-0.3, -0.25) is 4.57 Å². The van der Waals surface area contributed by atoms with Crippen LogP contribution >= 0.6 is 7.37 Å². The van der Waals surface area contributed by atoms with Gasteiger partial charge in [0.25, 0.3) is 0 Å². The average molecular weight is 386 g/mol. The molecule has 0 aliphatic carbocycles. The van der Waals surface area contributed by atoms with E-state index < -0.39 is 7.37 Å². The Balaban J connectivity index is 0. The summed E-state index contributed by atoms with van der Waals surface area (Å²) in [6.45, 7) is 8.66. The maximum absolute atomic E-state index is 12.4. The van der Waals surface area contributed by atoms with Crippen molar-refractivity contribution in [3.8, 4) is 0 Å². The first-order chi connectivity index (χ1) is 8.99. The van der Waals surface area contributed by atoms with Gasteiger partial charge in [0.1, 0.15) is 0 Å². The van der Waals surface area contributed by atoms with Gasteiger partial charge in [-0.1, -0.05) is 66.2 Å². The zero-order chi connectivity index (χ0) is 14.7. The molecule has 0 rings (SSSR count). The molecular formula is C16H35MoO2P. The molecule has 0 aromatic carbocycles. The van der Waals surface area contributed by atoms with Gasteiger partial charge in [0, 0.05) is 33.4 Å². The Morgan fingerprint density at radius 1 is 0.850 bits per heavy atom. The minimum Gasteiger partial charge on any atom is -0.344 e. The molecule has 0 amide bonds. The molecule has 0 saturated carbocycles. The third kappa shape index (κ3) is 11.5. The molecule has 0 aromatic rings. The quantitative estimate of drug-likeness (QED) is 0.346. The molecule has 0 saturated heterocycles. The zero-order valence-corrected chi connectivity index (χ0v) is 16.8. The largest absolute Gasteiger partial charge is 0.344 e. The van der Waals surface area contributed by atoms with Crippen molar-refractivity contribution in [2.45, 2.75) is 79.1 Å². The van der Waals surface area contributed by atoms with Crippen molar-refractivity contribution in [2.24, 2.45) is 11.8 Å². The number of unbranched alkanes of at least 4 members (excludes halogenated alkanes) is 2. The Kier molecular flexibility index (Phi) is 15.7. The molecule has 0 heterocycles. The van der Waals surface area contributed by atoms with Crippen LogP contribution in [-0.4, -0.2) is 17.2 Å². The van der Waals surface area contributed by atoms with Gasteiger partial charge < -0.3 is 4.89 Å². The summed E-state index contributed by atoms with van der Waals surface area (Å²) in [5, 5.41) is 0. The molecule has 0 aromatic heterocycles. The fourth-order valence-corrected chi connectivity index (χ4v) is 5.36. The Bertz CT molecular complexity index is 237. The summed E-state index contributed by atoms with van der Waals surface area (Å²) in [6, 6.07) is 0. The van der Waals surface area contributed by atoms with Crippen LogP contribution in [0.25, 0.3) is 0 Å². The molecule has 0 aliphatic heterocycles. The Labute approximate surface area is 141 Å².